The third-order valence-corrected chi connectivity index (χ3v) is 2.68. The second kappa shape index (κ2) is 5.20. The zero-order valence-electron chi connectivity index (χ0n) is 9.20. The van der Waals surface area contributed by atoms with Gasteiger partial charge in [0.2, 0.25) is 0 Å². The molecule has 6 heteroatoms. The fourth-order valence-corrected chi connectivity index (χ4v) is 1.87. The monoisotopic (exact) mass is 221 g/mol. The lowest BCUT2D eigenvalue weighted by molar-refractivity contribution is -0.281. The normalized spacial score (nSPS) is 42.2. The molecule has 0 amide bonds. The maximum Gasteiger partial charge on any atom is 0.185 e. The number of aliphatic hydroxyl groups excluding tert-OH is 3. The van der Waals surface area contributed by atoms with E-state index in [9.17, 15) is 10.2 Å². The molecule has 1 aliphatic heterocycles. The van der Waals surface area contributed by atoms with Crippen LogP contribution in [0.4, 0.5) is 0 Å². The number of rotatable bonds is 3. The van der Waals surface area contributed by atoms with Gasteiger partial charge in [-0.25, -0.2) is 0 Å². The molecule has 15 heavy (non-hydrogen) atoms. The van der Waals surface area contributed by atoms with Gasteiger partial charge in [0.05, 0.1) is 12.6 Å². The summed E-state index contributed by atoms with van der Waals surface area (Å²) in [5.41, 5.74) is 0. The molecule has 0 radical (unpaired) electrons. The van der Waals surface area contributed by atoms with E-state index in [1.54, 1.807) is 19.0 Å². The van der Waals surface area contributed by atoms with E-state index in [2.05, 4.69) is 0 Å². The van der Waals surface area contributed by atoms with Crippen LogP contribution in [0.1, 0.15) is 0 Å². The van der Waals surface area contributed by atoms with Crippen molar-refractivity contribution in [2.24, 2.45) is 0 Å². The van der Waals surface area contributed by atoms with Crippen molar-refractivity contribution < 1.29 is 24.8 Å². The maximum atomic E-state index is 9.85. The molecule has 0 bridgehead atoms. The summed E-state index contributed by atoms with van der Waals surface area (Å²) in [4.78, 5) is 1.69. The molecule has 1 fully saturated rings. The molecule has 1 saturated heterocycles. The SMILES string of the molecule is CO[C@H]1O[C@H](CO)[C@@H](O)[C@H](N(C)C)[C@H]1O. The summed E-state index contributed by atoms with van der Waals surface area (Å²) in [6.45, 7) is -0.307. The van der Waals surface area contributed by atoms with Crippen LogP contribution in [0.2, 0.25) is 0 Å². The molecule has 0 aromatic carbocycles. The van der Waals surface area contributed by atoms with Gasteiger partial charge < -0.3 is 29.7 Å². The Labute approximate surface area is 89.0 Å². The number of hydrogen-bond acceptors (Lipinski definition) is 6. The van der Waals surface area contributed by atoms with E-state index in [4.69, 9.17) is 14.6 Å². The Morgan fingerprint density at radius 3 is 2.27 bits per heavy atom. The highest BCUT2D eigenvalue weighted by atomic mass is 16.7. The van der Waals surface area contributed by atoms with Crippen molar-refractivity contribution in [3.63, 3.8) is 0 Å². The molecule has 0 aromatic heterocycles. The van der Waals surface area contributed by atoms with E-state index in [1.165, 1.54) is 7.11 Å². The van der Waals surface area contributed by atoms with Gasteiger partial charge in [-0.15, -0.1) is 0 Å². The minimum absolute atomic E-state index is 0.307. The second-order valence-corrected chi connectivity index (χ2v) is 3.90. The van der Waals surface area contributed by atoms with E-state index in [0.29, 0.717) is 0 Å². The molecule has 0 spiro atoms. The van der Waals surface area contributed by atoms with Gasteiger partial charge in [-0.3, -0.25) is 0 Å². The number of aliphatic hydroxyl groups is 3. The Hall–Kier alpha value is -0.240. The van der Waals surface area contributed by atoms with Crippen LogP contribution in [0.15, 0.2) is 0 Å². The number of ether oxygens (including phenoxy) is 2. The molecule has 0 saturated carbocycles. The highest BCUT2D eigenvalue weighted by Gasteiger charge is 2.45. The van der Waals surface area contributed by atoms with Gasteiger partial charge in [0.1, 0.15) is 18.3 Å². The number of hydrogen-bond donors (Lipinski definition) is 3. The third-order valence-electron chi connectivity index (χ3n) is 2.68. The van der Waals surface area contributed by atoms with Crippen LogP contribution < -0.4 is 0 Å². The molecule has 0 unspecified atom stereocenters. The predicted molar refractivity (Wildman–Crippen MR) is 52.2 cm³/mol. The Bertz CT molecular complexity index is 185. The molecular formula is C9H19NO5. The number of methoxy groups -OCH3 is 1. The van der Waals surface area contributed by atoms with E-state index in [1.807, 2.05) is 0 Å². The van der Waals surface area contributed by atoms with Crippen molar-refractivity contribution in [3.05, 3.63) is 0 Å². The minimum Gasteiger partial charge on any atom is -0.394 e. The lowest BCUT2D eigenvalue weighted by Gasteiger charge is -2.44. The molecular weight excluding hydrogens is 202 g/mol. The van der Waals surface area contributed by atoms with Gasteiger partial charge >= 0.3 is 0 Å². The summed E-state index contributed by atoms with van der Waals surface area (Å²) in [5.74, 6) is 0. The van der Waals surface area contributed by atoms with Gasteiger partial charge in [0.25, 0.3) is 0 Å². The number of nitrogens with zero attached hydrogens (tertiary/aromatic N) is 1. The van der Waals surface area contributed by atoms with Crippen LogP contribution in [0.5, 0.6) is 0 Å². The molecule has 0 aromatic rings. The Kier molecular flexibility index (Phi) is 4.45. The Morgan fingerprint density at radius 1 is 1.27 bits per heavy atom. The van der Waals surface area contributed by atoms with Crippen LogP contribution >= 0.6 is 0 Å². The van der Waals surface area contributed by atoms with Crippen molar-refractivity contribution in [3.8, 4) is 0 Å². The first-order chi connectivity index (χ1) is 7.02. The quantitative estimate of drug-likeness (QED) is 0.511. The lowest BCUT2D eigenvalue weighted by Crippen LogP contribution is -2.63. The van der Waals surface area contributed by atoms with E-state index in [0.717, 1.165) is 0 Å². The minimum atomic E-state index is -0.942. The summed E-state index contributed by atoms with van der Waals surface area (Å²) >= 11 is 0. The van der Waals surface area contributed by atoms with Crippen molar-refractivity contribution in [2.45, 2.75) is 30.6 Å². The van der Waals surface area contributed by atoms with Crippen LogP contribution in [-0.2, 0) is 9.47 Å². The van der Waals surface area contributed by atoms with Crippen molar-refractivity contribution in [2.75, 3.05) is 27.8 Å². The fourth-order valence-electron chi connectivity index (χ4n) is 1.87. The summed E-state index contributed by atoms with van der Waals surface area (Å²) in [5, 5.41) is 28.7. The van der Waals surface area contributed by atoms with Gasteiger partial charge in [-0.05, 0) is 14.1 Å². The maximum absolute atomic E-state index is 9.85. The topological polar surface area (TPSA) is 82.4 Å². The summed E-state index contributed by atoms with van der Waals surface area (Å²) < 4.78 is 10.1. The molecule has 0 aliphatic carbocycles. The molecule has 6 nitrogen and oxygen atoms in total. The standard InChI is InChI=1S/C9H19NO5/c1-10(2)6-7(12)5(4-11)15-9(14-3)8(6)13/h5-9,11-13H,4H2,1-3H3/t5-,6+,7-,8-,9+/m1/s1. The molecule has 1 rings (SSSR count). The van der Waals surface area contributed by atoms with Crippen molar-refractivity contribution in [1.82, 2.24) is 4.90 Å². The van der Waals surface area contributed by atoms with Gasteiger partial charge in [0, 0.05) is 7.11 Å². The summed E-state index contributed by atoms with van der Waals surface area (Å²) in [7, 11) is 4.89. The van der Waals surface area contributed by atoms with Crippen LogP contribution in [0, 0.1) is 0 Å². The van der Waals surface area contributed by atoms with Crippen molar-refractivity contribution in [1.29, 1.82) is 0 Å². The number of likely N-dealkylation sites (N-methyl/N-ethyl adjacent to an activating group) is 1. The predicted octanol–water partition coefficient (Wildman–Crippen LogP) is -2.00. The van der Waals surface area contributed by atoms with Crippen molar-refractivity contribution >= 4 is 0 Å². The van der Waals surface area contributed by atoms with Gasteiger partial charge in [-0.2, -0.15) is 0 Å². The van der Waals surface area contributed by atoms with Gasteiger partial charge in [0.15, 0.2) is 6.29 Å². The zero-order valence-corrected chi connectivity index (χ0v) is 9.20. The average molecular weight is 221 g/mol. The second-order valence-electron chi connectivity index (χ2n) is 3.90. The zero-order chi connectivity index (χ0) is 11.6. The Morgan fingerprint density at radius 2 is 1.87 bits per heavy atom. The highest BCUT2D eigenvalue weighted by molar-refractivity contribution is 4.93. The average Bonchev–Trinajstić information content (AvgIpc) is 2.18. The largest absolute Gasteiger partial charge is 0.394 e. The molecule has 3 N–H and O–H groups in total. The molecule has 1 heterocycles. The highest BCUT2D eigenvalue weighted by Crippen LogP contribution is 2.23. The smallest absolute Gasteiger partial charge is 0.185 e. The fraction of sp³-hybridized carbons (Fsp3) is 1.00. The lowest BCUT2D eigenvalue weighted by atomic mass is 9.95. The third kappa shape index (κ3) is 2.47. The Balaban J connectivity index is 2.81. The van der Waals surface area contributed by atoms with E-state index in [-0.39, 0.29) is 6.61 Å². The first kappa shape index (κ1) is 12.8. The van der Waals surface area contributed by atoms with E-state index < -0.39 is 30.6 Å². The summed E-state index contributed by atoms with van der Waals surface area (Å²) in [6.07, 6.45) is -3.43. The first-order valence-electron chi connectivity index (χ1n) is 4.84. The molecule has 90 valence electrons. The first-order valence-corrected chi connectivity index (χ1v) is 4.84. The molecule has 1 aliphatic rings. The van der Waals surface area contributed by atoms with E-state index >= 15 is 0 Å². The van der Waals surface area contributed by atoms with Crippen LogP contribution in [0.25, 0.3) is 0 Å². The summed E-state index contributed by atoms with van der Waals surface area (Å²) in [6, 6.07) is -0.513. The molecule has 5 atom stereocenters. The van der Waals surface area contributed by atoms with Crippen LogP contribution in [0.3, 0.4) is 0 Å². The van der Waals surface area contributed by atoms with Gasteiger partial charge in [-0.1, -0.05) is 0 Å². The van der Waals surface area contributed by atoms with Crippen LogP contribution in [-0.4, -0.2) is 78.7 Å².